The van der Waals surface area contributed by atoms with Crippen molar-refractivity contribution < 1.29 is 13.9 Å². The lowest BCUT2D eigenvalue weighted by atomic mass is 10.3. The highest BCUT2D eigenvalue weighted by Gasteiger charge is 2.16. The van der Waals surface area contributed by atoms with Crippen LogP contribution in [0.2, 0.25) is 0 Å². The van der Waals surface area contributed by atoms with Gasteiger partial charge in [-0.15, -0.1) is 11.3 Å². The summed E-state index contributed by atoms with van der Waals surface area (Å²) in [4.78, 5) is 17.3. The Morgan fingerprint density at radius 1 is 1.47 bits per heavy atom. The van der Waals surface area contributed by atoms with Crippen molar-refractivity contribution in [3.05, 3.63) is 41.2 Å². The highest BCUT2D eigenvalue weighted by Crippen LogP contribution is 2.28. The molecule has 4 nitrogen and oxygen atoms in total. The van der Waals surface area contributed by atoms with E-state index in [1.165, 1.54) is 17.4 Å². The average molecular weight is 280 g/mol. The van der Waals surface area contributed by atoms with E-state index >= 15 is 0 Å². The first kappa shape index (κ1) is 13.5. The lowest BCUT2D eigenvalue weighted by molar-refractivity contribution is 0.0520. The zero-order valence-electron chi connectivity index (χ0n) is 10.6. The van der Waals surface area contributed by atoms with E-state index in [4.69, 9.17) is 4.74 Å². The van der Waals surface area contributed by atoms with Gasteiger partial charge in [-0.2, -0.15) is 0 Å². The number of thiazole rings is 1. The molecule has 19 heavy (non-hydrogen) atoms. The van der Waals surface area contributed by atoms with Gasteiger partial charge in [0.1, 0.15) is 5.82 Å². The van der Waals surface area contributed by atoms with Gasteiger partial charge in [-0.1, -0.05) is 12.1 Å². The molecule has 0 bridgehead atoms. The van der Waals surface area contributed by atoms with Crippen molar-refractivity contribution in [2.75, 3.05) is 18.6 Å². The van der Waals surface area contributed by atoms with E-state index in [0.717, 1.165) is 0 Å². The number of para-hydroxylation sites is 1. The second kappa shape index (κ2) is 5.79. The van der Waals surface area contributed by atoms with Gasteiger partial charge >= 0.3 is 5.97 Å². The Kier molecular flexibility index (Phi) is 4.11. The quantitative estimate of drug-likeness (QED) is 0.806. The number of rotatable bonds is 4. The number of esters is 1. The number of ether oxygens (including phenoxy) is 1. The second-order valence-corrected chi connectivity index (χ2v) is 4.58. The van der Waals surface area contributed by atoms with Crippen LogP contribution in [0.4, 0.5) is 15.2 Å². The molecule has 0 aliphatic rings. The summed E-state index contributed by atoms with van der Waals surface area (Å²) in [6.45, 7) is 2.03. The van der Waals surface area contributed by atoms with Crippen LogP contribution in [0.3, 0.4) is 0 Å². The largest absolute Gasteiger partial charge is 0.461 e. The Hall–Kier alpha value is -1.95. The SMILES string of the molecule is CCOC(=O)c1csc(N(C)c2ccccc2F)n1. The van der Waals surface area contributed by atoms with Crippen molar-refractivity contribution in [3.8, 4) is 0 Å². The lowest BCUT2D eigenvalue weighted by Crippen LogP contribution is -2.12. The fraction of sp³-hybridized carbons (Fsp3) is 0.231. The van der Waals surface area contributed by atoms with Crippen molar-refractivity contribution >= 4 is 28.1 Å². The molecule has 0 saturated carbocycles. The standard InChI is InChI=1S/C13H13FN2O2S/c1-3-18-12(17)10-8-19-13(15-10)16(2)11-7-5-4-6-9(11)14/h4-8H,3H2,1-2H3. The third kappa shape index (κ3) is 2.90. The molecular weight excluding hydrogens is 267 g/mol. The van der Waals surface area contributed by atoms with Crippen LogP contribution in [0.25, 0.3) is 0 Å². The van der Waals surface area contributed by atoms with Gasteiger partial charge in [0.2, 0.25) is 0 Å². The number of carbonyl (C=O) groups is 1. The Bertz CT molecular complexity index is 586. The number of hydrogen-bond donors (Lipinski definition) is 0. The minimum atomic E-state index is -0.466. The van der Waals surface area contributed by atoms with Crippen LogP contribution in [0.1, 0.15) is 17.4 Å². The number of carbonyl (C=O) groups excluding carboxylic acids is 1. The molecule has 1 aromatic heterocycles. The fourth-order valence-corrected chi connectivity index (χ4v) is 2.32. The average Bonchev–Trinajstić information content (AvgIpc) is 2.88. The monoisotopic (exact) mass is 280 g/mol. The minimum Gasteiger partial charge on any atom is -0.461 e. The molecule has 0 saturated heterocycles. The first-order valence-corrected chi connectivity index (χ1v) is 6.62. The zero-order valence-corrected chi connectivity index (χ0v) is 11.4. The fourth-order valence-electron chi connectivity index (χ4n) is 1.54. The molecule has 100 valence electrons. The highest BCUT2D eigenvalue weighted by atomic mass is 32.1. The third-order valence-corrected chi connectivity index (χ3v) is 3.39. The first-order chi connectivity index (χ1) is 9.13. The molecule has 0 atom stereocenters. The molecule has 0 fully saturated rings. The van der Waals surface area contributed by atoms with E-state index in [1.54, 1.807) is 42.5 Å². The molecular formula is C13H13FN2O2S. The summed E-state index contributed by atoms with van der Waals surface area (Å²) in [7, 11) is 1.70. The molecule has 6 heteroatoms. The minimum absolute atomic E-state index is 0.241. The Balaban J connectivity index is 2.23. The summed E-state index contributed by atoms with van der Waals surface area (Å²) >= 11 is 1.26. The van der Waals surface area contributed by atoms with Crippen LogP contribution in [0, 0.1) is 5.82 Å². The summed E-state index contributed by atoms with van der Waals surface area (Å²) in [6, 6.07) is 6.40. The Morgan fingerprint density at radius 2 is 2.21 bits per heavy atom. The van der Waals surface area contributed by atoms with E-state index in [9.17, 15) is 9.18 Å². The van der Waals surface area contributed by atoms with Crippen molar-refractivity contribution in [2.24, 2.45) is 0 Å². The number of aromatic nitrogens is 1. The predicted molar refractivity (Wildman–Crippen MR) is 72.5 cm³/mol. The molecule has 0 aliphatic heterocycles. The molecule has 0 radical (unpaired) electrons. The summed E-state index contributed by atoms with van der Waals surface area (Å²) < 4.78 is 18.5. The van der Waals surface area contributed by atoms with Gasteiger partial charge in [-0.25, -0.2) is 14.2 Å². The van der Waals surface area contributed by atoms with Crippen LogP contribution in [-0.4, -0.2) is 24.6 Å². The topological polar surface area (TPSA) is 42.4 Å². The zero-order chi connectivity index (χ0) is 13.8. The van der Waals surface area contributed by atoms with Crippen molar-refractivity contribution in [2.45, 2.75) is 6.92 Å². The van der Waals surface area contributed by atoms with Gasteiger partial charge in [0.25, 0.3) is 0 Å². The summed E-state index contributed by atoms with van der Waals surface area (Å²) in [6.07, 6.45) is 0. The van der Waals surface area contributed by atoms with Crippen LogP contribution >= 0.6 is 11.3 Å². The molecule has 2 aromatic rings. The molecule has 1 heterocycles. The number of nitrogens with zero attached hydrogens (tertiary/aromatic N) is 2. The number of anilines is 2. The molecule has 2 rings (SSSR count). The third-order valence-electron chi connectivity index (χ3n) is 2.48. The van der Waals surface area contributed by atoms with E-state index in [0.29, 0.717) is 17.4 Å². The number of halogens is 1. The molecule has 0 unspecified atom stereocenters. The van der Waals surface area contributed by atoms with Crippen molar-refractivity contribution in [1.82, 2.24) is 4.98 Å². The van der Waals surface area contributed by atoms with Crippen LogP contribution in [0.15, 0.2) is 29.6 Å². The smallest absolute Gasteiger partial charge is 0.357 e. The van der Waals surface area contributed by atoms with E-state index in [-0.39, 0.29) is 11.5 Å². The van der Waals surface area contributed by atoms with Crippen molar-refractivity contribution in [1.29, 1.82) is 0 Å². The molecule has 0 N–H and O–H groups in total. The molecule has 0 spiro atoms. The van der Waals surface area contributed by atoms with Gasteiger partial charge in [0.05, 0.1) is 12.3 Å². The van der Waals surface area contributed by atoms with Gasteiger partial charge in [-0.3, -0.25) is 0 Å². The molecule has 0 aliphatic carbocycles. The maximum atomic E-state index is 13.7. The summed E-state index contributed by atoms with van der Waals surface area (Å²) in [5.41, 5.74) is 0.650. The van der Waals surface area contributed by atoms with Gasteiger partial charge in [0, 0.05) is 12.4 Å². The Labute approximate surface area is 114 Å². The first-order valence-electron chi connectivity index (χ1n) is 5.74. The maximum absolute atomic E-state index is 13.7. The van der Waals surface area contributed by atoms with Gasteiger partial charge < -0.3 is 9.64 Å². The normalized spacial score (nSPS) is 10.3. The van der Waals surface area contributed by atoms with E-state index in [1.807, 2.05) is 0 Å². The van der Waals surface area contributed by atoms with Crippen LogP contribution < -0.4 is 4.90 Å². The summed E-state index contributed by atoms with van der Waals surface area (Å²) in [5.74, 6) is -0.801. The van der Waals surface area contributed by atoms with E-state index < -0.39 is 5.97 Å². The number of hydrogen-bond acceptors (Lipinski definition) is 5. The van der Waals surface area contributed by atoms with Gasteiger partial charge in [0.15, 0.2) is 10.8 Å². The van der Waals surface area contributed by atoms with Gasteiger partial charge in [-0.05, 0) is 19.1 Å². The van der Waals surface area contributed by atoms with E-state index in [2.05, 4.69) is 4.98 Å². The maximum Gasteiger partial charge on any atom is 0.357 e. The van der Waals surface area contributed by atoms with Crippen molar-refractivity contribution in [3.63, 3.8) is 0 Å². The summed E-state index contributed by atoms with van der Waals surface area (Å²) in [5, 5.41) is 2.14. The molecule has 0 amide bonds. The van der Waals surface area contributed by atoms with Crippen LogP contribution in [0.5, 0.6) is 0 Å². The molecule has 1 aromatic carbocycles. The Morgan fingerprint density at radius 3 is 2.89 bits per heavy atom. The second-order valence-electron chi connectivity index (χ2n) is 3.75. The predicted octanol–water partition coefficient (Wildman–Crippen LogP) is 3.23. The lowest BCUT2D eigenvalue weighted by Gasteiger charge is -2.16. The number of benzene rings is 1. The van der Waals surface area contributed by atoms with Crippen LogP contribution in [-0.2, 0) is 4.74 Å². The highest BCUT2D eigenvalue weighted by molar-refractivity contribution is 7.14.